The summed E-state index contributed by atoms with van der Waals surface area (Å²) in [6.07, 6.45) is 1.01. The first kappa shape index (κ1) is 12.9. The molecule has 0 radical (unpaired) electrons. The molecule has 0 aliphatic carbocycles. The molecule has 2 amide bonds. The molecule has 1 aliphatic heterocycles. The number of hydrogen-bond donors (Lipinski definition) is 2. The van der Waals surface area contributed by atoms with E-state index in [0.717, 1.165) is 17.9 Å². The molecular weight excluding hydrogens is 279 g/mol. The molecule has 0 aromatic heterocycles. The Kier molecular flexibility index (Phi) is 4.42. The molecule has 1 fully saturated rings. The zero-order valence-corrected chi connectivity index (χ0v) is 11.3. The number of halogens is 2. The van der Waals surface area contributed by atoms with Crippen molar-refractivity contribution in [2.45, 2.75) is 12.5 Å². The van der Waals surface area contributed by atoms with Crippen LogP contribution in [0.4, 0.5) is 10.5 Å². The van der Waals surface area contributed by atoms with Gasteiger partial charge in [0, 0.05) is 11.8 Å². The third-order valence-electron chi connectivity index (χ3n) is 2.47. The molecule has 6 heteroatoms. The lowest BCUT2D eigenvalue weighted by atomic mass is 10.3. The summed E-state index contributed by atoms with van der Waals surface area (Å²) in [6, 6.07) is 5.10. The smallest absolute Gasteiger partial charge is 0.319 e. The number of amides is 2. The van der Waals surface area contributed by atoms with E-state index in [2.05, 4.69) is 10.6 Å². The SMILES string of the molecule is O=C(Nc1c(Cl)cccc1Cl)N[C@@H]1CCSC1. The predicted octanol–water partition coefficient (Wildman–Crippen LogP) is 3.62. The summed E-state index contributed by atoms with van der Waals surface area (Å²) in [7, 11) is 0. The van der Waals surface area contributed by atoms with Crippen LogP contribution in [0.5, 0.6) is 0 Å². The second-order valence-electron chi connectivity index (χ2n) is 3.76. The zero-order valence-electron chi connectivity index (χ0n) is 9.00. The van der Waals surface area contributed by atoms with Crippen molar-refractivity contribution in [1.29, 1.82) is 0 Å². The second-order valence-corrected chi connectivity index (χ2v) is 5.72. The molecular formula is C11H12Cl2N2OS. The highest BCUT2D eigenvalue weighted by Gasteiger charge is 2.18. The van der Waals surface area contributed by atoms with Crippen molar-refractivity contribution in [1.82, 2.24) is 5.32 Å². The number of hydrogen-bond acceptors (Lipinski definition) is 2. The van der Waals surface area contributed by atoms with Crippen LogP contribution in [0.3, 0.4) is 0 Å². The third kappa shape index (κ3) is 3.44. The normalized spacial score (nSPS) is 19.1. The van der Waals surface area contributed by atoms with Crippen molar-refractivity contribution in [3.63, 3.8) is 0 Å². The molecule has 1 heterocycles. The molecule has 0 spiro atoms. The summed E-state index contributed by atoms with van der Waals surface area (Å²) in [5, 5.41) is 6.45. The standard InChI is InChI=1S/C11H12Cl2N2OS/c12-8-2-1-3-9(13)10(8)15-11(16)14-7-4-5-17-6-7/h1-3,7H,4-6H2,(H2,14,15,16)/t7-/m1/s1. The first-order valence-electron chi connectivity index (χ1n) is 5.26. The van der Waals surface area contributed by atoms with Gasteiger partial charge in [0.05, 0.1) is 15.7 Å². The van der Waals surface area contributed by atoms with E-state index in [9.17, 15) is 4.79 Å². The van der Waals surface area contributed by atoms with E-state index in [4.69, 9.17) is 23.2 Å². The monoisotopic (exact) mass is 290 g/mol. The second kappa shape index (κ2) is 5.85. The van der Waals surface area contributed by atoms with Gasteiger partial charge in [-0.1, -0.05) is 29.3 Å². The van der Waals surface area contributed by atoms with Crippen LogP contribution in [-0.2, 0) is 0 Å². The molecule has 3 nitrogen and oxygen atoms in total. The molecule has 2 rings (SSSR count). The predicted molar refractivity (Wildman–Crippen MR) is 74.3 cm³/mol. The van der Waals surface area contributed by atoms with Gasteiger partial charge < -0.3 is 10.6 Å². The molecule has 1 atom stereocenters. The molecule has 1 aromatic rings. The van der Waals surface area contributed by atoms with Crippen LogP contribution in [-0.4, -0.2) is 23.6 Å². The van der Waals surface area contributed by atoms with Crippen molar-refractivity contribution in [3.05, 3.63) is 28.2 Å². The Morgan fingerprint density at radius 3 is 2.65 bits per heavy atom. The maximum atomic E-state index is 11.7. The molecule has 1 aromatic carbocycles. The molecule has 2 N–H and O–H groups in total. The number of thioether (sulfide) groups is 1. The molecule has 0 bridgehead atoms. The van der Waals surface area contributed by atoms with E-state index in [-0.39, 0.29) is 12.1 Å². The van der Waals surface area contributed by atoms with Crippen molar-refractivity contribution < 1.29 is 4.79 Å². The van der Waals surface area contributed by atoms with Gasteiger partial charge in [-0.15, -0.1) is 0 Å². The third-order valence-corrected chi connectivity index (χ3v) is 4.26. The molecule has 17 heavy (non-hydrogen) atoms. The summed E-state index contributed by atoms with van der Waals surface area (Å²) in [6.45, 7) is 0. The maximum absolute atomic E-state index is 11.7. The van der Waals surface area contributed by atoms with E-state index in [1.807, 2.05) is 11.8 Å². The number of carbonyl (C=O) groups excluding carboxylic acids is 1. The van der Waals surface area contributed by atoms with Gasteiger partial charge in [0.2, 0.25) is 0 Å². The Balaban J connectivity index is 1.97. The van der Waals surface area contributed by atoms with Crippen LogP contribution in [0.1, 0.15) is 6.42 Å². The summed E-state index contributed by atoms with van der Waals surface area (Å²) < 4.78 is 0. The minimum Gasteiger partial charge on any atom is -0.334 e. The van der Waals surface area contributed by atoms with Crippen molar-refractivity contribution in [2.75, 3.05) is 16.8 Å². The lowest BCUT2D eigenvalue weighted by Crippen LogP contribution is -2.37. The van der Waals surface area contributed by atoms with Crippen LogP contribution in [0.15, 0.2) is 18.2 Å². The maximum Gasteiger partial charge on any atom is 0.319 e. The number of urea groups is 1. The first-order chi connectivity index (χ1) is 8.16. The Morgan fingerprint density at radius 2 is 2.06 bits per heavy atom. The minimum absolute atomic E-state index is 0.237. The van der Waals surface area contributed by atoms with Crippen LogP contribution in [0.2, 0.25) is 10.0 Å². The fourth-order valence-electron chi connectivity index (χ4n) is 1.60. The Morgan fingerprint density at radius 1 is 1.35 bits per heavy atom. The molecule has 0 unspecified atom stereocenters. The fraction of sp³-hybridized carbons (Fsp3) is 0.364. The molecule has 1 aliphatic rings. The Hall–Kier alpha value is -0.580. The van der Waals surface area contributed by atoms with E-state index in [1.165, 1.54) is 0 Å². The van der Waals surface area contributed by atoms with Crippen molar-refractivity contribution in [2.24, 2.45) is 0 Å². The quantitative estimate of drug-likeness (QED) is 0.873. The number of anilines is 1. The summed E-state index contributed by atoms with van der Waals surface area (Å²) >= 11 is 13.8. The van der Waals surface area contributed by atoms with Gasteiger partial charge in [-0.05, 0) is 24.3 Å². The van der Waals surface area contributed by atoms with Crippen LogP contribution in [0, 0.1) is 0 Å². The van der Waals surface area contributed by atoms with Crippen LogP contribution >= 0.6 is 35.0 Å². The lowest BCUT2D eigenvalue weighted by molar-refractivity contribution is 0.249. The van der Waals surface area contributed by atoms with Gasteiger partial charge in [0.15, 0.2) is 0 Å². The summed E-state index contributed by atoms with van der Waals surface area (Å²) in [5.41, 5.74) is 0.457. The molecule has 1 saturated heterocycles. The van der Waals surface area contributed by atoms with Gasteiger partial charge in [0.1, 0.15) is 0 Å². The van der Waals surface area contributed by atoms with Crippen LogP contribution < -0.4 is 10.6 Å². The highest BCUT2D eigenvalue weighted by atomic mass is 35.5. The average molecular weight is 291 g/mol. The van der Waals surface area contributed by atoms with Gasteiger partial charge in [-0.2, -0.15) is 11.8 Å². The number of rotatable bonds is 2. The fourth-order valence-corrected chi connectivity index (χ4v) is 3.24. The van der Waals surface area contributed by atoms with E-state index in [0.29, 0.717) is 15.7 Å². The van der Waals surface area contributed by atoms with Gasteiger partial charge in [-0.25, -0.2) is 4.79 Å². The number of para-hydroxylation sites is 1. The van der Waals surface area contributed by atoms with Crippen LogP contribution in [0.25, 0.3) is 0 Å². The van der Waals surface area contributed by atoms with Gasteiger partial charge in [0.25, 0.3) is 0 Å². The number of nitrogens with one attached hydrogen (secondary N) is 2. The number of benzene rings is 1. The van der Waals surface area contributed by atoms with Gasteiger partial charge in [-0.3, -0.25) is 0 Å². The highest BCUT2D eigenvalue weighted by Crippen LogP contribution is 2.29. The lowest BCUT2D eigenvalue weighted by Gasteiger charge is -2.14. The van der Waals surface area contributed by atoms with E-state index >= 15 is 0 Å². The largest absolute Gasteiger partial charge is 0.334 e. The average Bonchev–Trinajstić information content (AvgIpc) is 2.76. The highest BCUT2D eigenvalue weighted by molar-refractivity contribution is 7.99. The first-order valence-corrected chi connectivity index (χ1v) is 7.17. The van der Waals surface area contributed by atoms with Gasteiger partial charge >= 0.3 is 6.03 Å². The van der Waals surface area contributed by atoms with E-state index < -0.39 is 0 Å². The summed E-state index contributed by atoms with van der Waals surface area (Å²) in [5.74, 6) is 2.06. The van der Waals surface area contributed by atoms with Crippen molar-refractivity contribution >= 4 is 46.7 Å². The minimum atomic E-state index is -0.257. The Labute approximate surface area is 114 Å². The zero-order chi connectivity index (χ0) is 12.3. The van der Waals surface area contributed by atoms with E-state index in [1.54, 1.807) is 18.2 Å². The Bertz CT molecular complexity index is 402. The number of carbonyl (C=O) groups is 1. The summed E-state index contributed by atoms with van der Waals surface area (Å²) in [4.78, 5) is 11.7. The molecule has 0 saturated carbocycles. The molecule has 92 valence electrons. The topological polar surface area (TPSA) is 41.1 Å². The van der Waals surface area contributed by atoms with Crippen molar-refractivity contribution in [3.8, 4) is 0 Å².